The number of esters is 1. The van der Waals surface area contributed by atoms with Gasteiger partial charge in [-0.3, -0.25) is 4.79 Å². The van der Waals surface area contributed by atoms with Crippen LogP contribution in [0.4, 0.5) is 4.79 Å². The number of urea groups is 1. The monoisotopic (exact) mass is 377 g/mol. The van der Waals surface area contributed by atoms with Crippen LogP contribution in [0.3, 0.4) is 0 Å². The standard InChI is InChI=1S/C18H22N2O7/c1-5-26-17(23)14-9(2)19-18(24)20-15(14)11-6-7-12(13(8-11)25-4)27-10(3)16(21)22/h6-8,10,14-15H,2,5H2,1,3-4H3,(H,21,22)(H2,19,20,24)/p-1/t10-,14-,15-/m1/s1. The van der Waals surface area contributed by atoms with E-state index in [-0.39, 0.29) is 23.8 Å². The van der Waals surface area contributed by atoms with Crippen molar-refractivity contribution in [3.63, 3.8) is 0 Å². The van der Waals surface area contributed by atoms with Gasteiger partial charge in [-0.15, -0.1) is 0 Å². The van der Waals surface area contributed by atoms with E-state index in [1.165, 1.54) is 20.1 Å². The highest BCUT2D eigenvalue weighted by Crippen LogP contribution is 2.36. The minimum atomic E-state index is -1.37. The molecule has 1 aliphatic rings. The first-order valence-corrected chi connectivity index (χ1v) is 8.26. The molecular weight excluding hydrogens is 356 g/mol. The summed E-state index contributed by atoms with van der Waals surface area (Å²) in [6, 6.07) is 3.39. The van der Waals surface area contributed by atoms with E-state index in [0.717, 1.165) is 0 Å². The number of hydrogen-bond donors (Lipinski definition) is 2. The molecule has 27 heavy (non-hydrogen) atoms. The van der Waals surface area contributed by atoms with Crippen LogP contribution in [0.2, 0.25) is 0 Å². The van der Waals surface area contributed by atoms with Crippen molar-refractivity contribution in [1.29, 1.82) is 0 Å². The van der Waals surface area contributed by atoms with Crippen molar-refractivity contribution in [3.8, 4) is 11.5 Å². The second-order valence-electron chi connectivity index (χ2n) is 5.82. The van der Waals surface area contributed by atoms with Crippen molar-refractivity contribution in [2.75, 3.05) is 13.7 Å². The maximum Gasteiger partial charge on any atom is 0.319 e. The van der Waals surface area contributed by atoms with Gasteiger partial charge in [0, 0.05) is 5.70 Å². The fraction of sp³-hybridized carbons (Fsp3) is 0.389. The Hall–Kier alpha value is -3.23. The summed E-state index contributed by atoms with van der Waals surface area (Å²) in [5.74, 6) is -2.33. The Labute approximate surface area is 156 Å². The smallest absolute Gasteiger partial charge is 0.319 e. The molecule has 0 aliphatic carbocycles. The molecule has 0 radical (unpaired) electrons. The second kappa shape index (κ2) is 8.43. The third-order valence-electron chi connectivity index (χ3n) is 3.99. The predicted octanol–water partition coefficient (Wildman–Crippen LogP) is 0.259. The molecule has 1 aromatic rings. The number of benzene rings is 1. The molecule has 2 amide bonds. The van der Waals surface area contributed by atoms with E-state index >= 15 is 0 Å². The third kappa shape index (κ3) is 4.49. The minimum Gasteiger partial charge on any atom is -0.546 e. The number of carbonyl (C=O) groups excluding carboxylic acids is 3. The number of amides is 2. The Kier molecular flexibility index (Phi) is 6.27. The Morgan fingerprint density at radius 2 is 2.04 bits per heavy atom. The molecule has 0 saturated carbocycles. The lowest BCUT2D eigenvalue weighted by atomic mass is 9.89. The molecule has 0 aromatic heterocycles. The second-order valence-corrected chi connectivity index (χ2v) is 5.82. The molecule has 2 rings (SSSR count). The average Bonchev–Trinajstić information content (AvgIpc) is 2.61. The van der Waals surface area contributed by atoms with Crippen molar-refractivity contribution in [2.24, 2.45) is 5.92 Å². The predicted molar refractivity (Wildman–Crippen MR) is 91.8 cm³/mol. The highest BCUT2D eigenvalue weighted by atomic mass is 16.5. The highest BCUT2D eigenvalue weighted by Gasteiger charge is 2.39. The Morgan fingerprint density at radius 1 is 1.33 bits per heavy atom. The Bertz CT molecular complexity index is 762. The summed E-state index contributed by atoms with van der Waals surface area (Å²) in [6.07, 6.45) is -1.18. The first-order chi connectivity index (χ1) is 12.8. The van der Waals surface area contributed by atoms with Gasteiger partial charge in [0.05, 0.1) is 25.7 Å². The van der Waals surface area contributed by atoms with Crippen LogP contribution < -0.4 is 25.2 Å². The topological polar surface area (TPSA) is 126 Å². The Morgan fingerprint density at radius 3 is 2.63 bits per heavy atom. The molecule has 9 nitrogen and oxygen atoms in total. The van der Waals surface area contributed by atoms with Gasteiger partial charge < -0.3 is 34.7 Å². The van der Waals surface area contributed by atoms with Crippen molar-refractivity contribution in [3.05, 3.63) is 36.0 Å². The molecular formula is C18H21N2O7-. The van der Waals surface area contributed by atoms with Crippen molar-refractivity contribution in [1.82, 2.24) is 10.6 Å². The van der Waals surface area contributed by atoms with E-state index in [0.29, 0.717) is 5.56 Å². The van der Waals surface area contributed by atoms with Crippen LogP contribution in [0.15, 0.2) is 30.5 Å². The third-order valence-corrected chi connectivity index (χ3v) is 3.99. The maximum atomic E-state index is 12.3. The van der Waals surface area contributed by atoms with Crippen LogP contribution in [0, 0.1) is 5.92 Å². The minimum absolute atomic E-state index is 0.181. The number of ether oxygens (including phenoxy) is 3. The molecule has 2 N–H and O–H groups in total. The quantitative estimate of drug-likeness (QED) is 0.653. The van der Waals surface area contributed by atoms with Gasteiger partial charge in [-0.25, -0.2) is 4.79 Å². The SMILES string of the molecule is C=C1NC(=O)N[C@H](c2ccc(O[C@H](C)C(=O)[O-])c(OC)c2)[C@@H]1C(=O)OCC. The summed E-state index contributed by atoms with van der Waals surface area (Å²) in [7, 11) is 1.39. The highest BCUT2D eigenvalue weighted by molar-refractivity contribution is 5.85. The Balaban J connectivity index is 2.38. The van der Waals surface area contributed by atoms with E-state index in [1.807, 2.05) is 0 Å². The van der Waals surface area contributed by atoms with Crippen LogP contribution in [-0.4, -0.2) is 37.8 Å². The maximum absolute atomic E-state index is 12.3. The van der Waals surface area contributed by atoms with Gasteiger partial charge in [-0.2, -0.15) is 0 Å². The van der Waals surface area contributed by atoms with Crippen LogP contribution in [0.5, 0.6) is 11.5 Å². The number of aliphatic carboxylic acids is 1. The number of rotatable bonds is 7. The summed E-state index contributed by atoms with van der Waals surface area (Å²) < 4.78 is 15.6. The zero-order chi connectivity index (χ0) is 20.1. The summed E-state index contributed by atoms with van der Waals surface area (Å²) in [6.45, 7) is 6.93. The summed E-state index contributed by atoms with van der Waals surface area (Å²) in [4.78, 5) is 35.1. The number of methoxy groups -OCH3 is 1. The number of carboxylic acid groups (broad SMARTS) is 1. The number of carboxylic acids is 1. The van der Waals surface area contributed by atoms with E-state index < -0.39 is 36.0 Å². The lowest BCUT2D eigenvalue weighted by Gasteiger charge is -2.33. The van der Waals surface area contributed by atoms with Crippen LogP contribution in [0.1, 0.15) is 25.5 Å². The molecule has 9 heteroatoms. The molecule has 0 spiro atoms. The molecule has 1 heterocycles. The molecule has 146 valence electrons. The molecule has 3 atom stereocenters. The summed E-state index contributed by atoms with van der Waals surface area (Å²) in [5.41, 5.74) is 0.751. The van der Waals surface area contributed by atoms with E-state index in [1.54, 1.807) is 19.1 Å². The molecule has 1 saturated heterocycles. The largest absolute Gasteiger partial charge is 0.546 e. The van der Waals surface area contributed by atoms with E-state index in [9.17, 15) is 19.5 Å². The number of carbonyl (C=O) groups is 3. The fourth-order valence-corrected chi connectivity index (χ4v) is 2.69. The normalized spacial score (nSPS) is 20.1. The lowest BCUT2D eigenvalue weighted by molar-refractivity contribution is -0.312. The zero-order valence-electron chi connectivity index (χ0n) is 15.2. The van der Waals surface area contributed by atoms with Crippen molar-refractivity contribution >= 4 is 18.0 Å². The van der Waals surface area contributed by atoms with Crippen LogP contribution in [0.25, 0.3) is 0 Å². The van der Waals surface area contributed by atoms with Gasteiger partial charge in [0.15, 0.2) is 11.5 Å². The summed E-state index contributed by atoms with van der Waals surface area (Å²) >= 11 is 0. The van der Waals surface area contributed by atoms with Gasteiger partial charge in [-0.1, -0.05) is 12.6 Å². The molecule has 1 aliphatic heterocycles. The van der Waals surface area contributed by atoms with Crippen molar-refractivity contribution in [2.45, 2.75) is 26.0 Å². The van der Waals surface area contributed by atoms with Gasteiger partial charge in [0.1, 0.15) is 12.0 Å². The molecule has 0 bridgehead atoms. The lowest BCUT2D eigenvalue weighted by Crippen LogP contribution is -2.51. The van der Waals surface area contributed by atoms with Gasteiger partial charge in [-0.05, 0) is 31.5 Å². The van der Waals surface area contributed by atoms with Crippen LogP contribution in [-0.2, 0) is 14.3 Å². The summed E-state index contributed by atoms with van der Waals surface area (Å²) in [5, 5.41) is 16.0. The zero-order valence-corrected chi connectivity index (χ0v) is 15.2. The van der Waals surface area contributed by atoms with Crippen LogP contribution >= 0.6 is 0 Å². The molecule has 1 aromatic carbocycles. The van der Waals surface area contributed by atoms with Gasteiger partial charge in [0.25, 0.3) is 0 Å². The molecule has 0 unspecified atom stereocenters. The fourth-order valence-electron chi connectivity index (χ4n) is 2.69. The average molecular weight is 377 g/mol. The van der Waals surface area contributed by atoms with Gasteiger partial charge >= 0.3 is 12.0 Å². The first-order valence-electron chi connectivity index (χ1n) is 8.26. The van der Waals surface area contributed by atoms with E-state index in [2.05, 4.69) is 17.2 Å². The number of hydrogen-bond acceptors (Lipinski definition) is 7. The molecule has 1 fully saturated rings. The van der Waals surface area contributed by atoms with Gasteiger partial charge in [0.2, 0.25) is 0 Å². The van der Waals surface area contributed by atoms with E-state index in [4.69, 9.17) is 14.2 Å². The van der Waals surface area contributed by atoms with Crippen molar-refractivity contribution < 1.29 is 33.7 Å². The first kappa shape index (κ1) is 20.1. The number of nitrogens with one attached hydrogen (secondary N) is 2.